The molecule has 2 aromatic heterocycles. The van der Waals surface area contributed by atoms with Crippen LogP contribution in [-0.2, 0) is 17.6 Å². The van der Waals surface area contributed by atoms with Gasteiger partial charge in [0.25, 0.3) is 5.56 Å². The summed E-state index contributed by atoms with van der Waals surface area (Å²) in [4.78, 5) is 31.7. The Balaban J connectivity index is 1.92. The van der Waals surface area contributed by atoms with Crippen LogP contribution in [0.3, 0.4) is 0 Å². The van der Waals surface area contributed by atoms with Gasteiger partial charge in [-0.1, -0.05) is 17.8 Å². The predicted molar refractivity (Wildman–Crippen MR) is 116 cm³/mol. The Labute approximate surface area is 172 Å². The SMILES string of the molecule is Cc1ccc(-n2c(SCCC(N)=O)nc3sc4c(c3c2=O)CCCC4)cc1C. The van der Waals surface area contributed by atoms with Gasteiger partial charge < -0.3 is 5.73 Å². The smallest absolute Gasteiger partial charge is 0.267 e. The molecule has 0 spiro atoms. The fraction of sp³-hybridized carbons (Fsp3) is 0.381. The average Bonchev–Trinajstić information content (AvgIpc) is 3.02. The van der Waals surface area contributed by atoms with Crippen molar-refractivity contribution in [3.63, 3.8) is 0 Å². The zero-order chi connectivity index (χ0) is 19.8. The highest BCUT2D eigenvalue weighted by molar-refractivity contribution is 7.99. The molecule has 0 radical (unpaired) electrons. The van der Waals surface area contributed by atoms with Crippen LogP contribution in [0, 0.1) is 13.8 Å². The number of benzene rings is 1. The van der Waals surface area contributed by atoms with Crippen molar-refractivity contribution in [3.8, 4) is 5.69 Å². The van der Waals surface area contributed by atoms with Crippen molar-refractivity contribution in [1.29, 1.82) is 0 Å². The maximum atomic E-state index is 13.6. The van der Waals surface area contributed by atoms with E-state index in [1.54, 1.807) is 15.9 Å². The minimum absolute atomic E-state index is 0.00534. The largest absolute Gasteiger partial charge is 0.370 e. The van der Waals surface area contributed by atoms with Crippen LogP contribution in [0.25, 0.3) is 15.9 Å². The molecule has 1 aliphatic carbocycles. The highest BCUT2D eigenvalue weighted by Crippen LogP contribution is 2.35. The minimum Gasteiger partial charge on any atom is -0.370 e. The van der Waals surface area contributed by atoms with E-state index in [0.717, 1.165) is 40.7 Å². The summed E-state index contributed by atoms with van der Waals surface area (Å²) in [6.07, 6.45) is 4.53. The van der Waals surface area contributed by atoms with E-state index in [1.807, 2.05) is 25.1 Å². The average molecular weight is 414 g/mol. The zero-order valence-corrected chi connectivity index (χ0v) is 17.7. The molecule has 0 bridgehead atoms. The lowest BCUT2D eigenvalue weighted by Crippen LogP contribution is -2.22. The molecule has 0 atom stereocenters. The van der Waals surface area contributed by atoms with Gasteiger partial charge in [-0.25, -0.2) is 4.98 Å². The first kappa shape index (κ1) is 19.2. The van der Waals surface area contributed by atoms with E-state index in [0.29, 0.717) is 10.9 Å². The quantitative estimate of drug-likeness (QED) is 0.508. The molecule has 4 rings (SSSR count). The first-order chi connectivity index (χ1) is 13.5. The van der Waals surface area contributed by atoms with Gasteiger partial charge >= 0.3 is 0 Å². The molecule has 2 N–H and O–H groups in total. The van der Waals surface area contributed by atoms with Crippen molar-refractivity contribution in [2.24, 2.45) is 5.73 Å². The van der Waals surface area contributed by atoms with Gasteiger partial charge in [0.2, 0.25) is 5.91 Å². The number of nitrogens with zero attached hydrogens (tertiary/aromatic N) is 2. The number of fused-ring (bicyclic) bond motifs is 3. The van der Waals surface area contributed by atoms with Gasteiger partial charge in [0.05, 0.1) is 11.1 Å². The topological polar surface area (TPSA) is 78.0 Å². The van der Waals surface area contributed by atoms with E-state index in [2.05, 4.69) is 6.92 Å². The lowest BCUT2D eigenvalue weighted by Gasteiger charge is -2.14. The molecule has 1 amide bonds. The Bertz CT molecular complexity index is 1130. The van der Waals surface area contributed by atoms with E-state index in [1.165, 1.54) is 34.2 Å². The number of hydrogen-bond donors (Lipinski definition) is 1. The standard InChI is InChI=1S/C21H23N3O2S2/c1-12-7-8-14(11-13(12)2)24-20(26)18-15-5-3-4-6-16(15)28-19(18)23-21(24)27-10-9-17(22)25/h7-8,11H,3-6,9-10H2,1-2H3,(H2,22,25). The van der Waals surface area contributed by atoms with E-state index in [9.17, 15) is 9.59 Å². The molecule has 3 aromatic rings. The number of carbonyl (C=O) groups is 1. The van der Waals surface area contributed by atoms with Crippen LogP contribution in [0.1, 0.15) is 40.8 Å². The van der Waals surface area contributed by atoms with Crippen molar-refractivity contribution < 1.29 is 4.79 Å². The molecular formula is C21H23N3O2S2. The lowest BCUT2D eigenvalue weighted by molar-refractivity contribution is -0.117. The summed E-state index contributed by atoms with van der Waals surface area (Å²) in [5.74, 6) is 0.156. The number of amides is 1. The maximum absolute atomic E-state index is 13.6. The molecule has 7 heteroatoms. The molecule has 2 heterocycles. The number of carbonyl (C=O) groups excluding carboxylic acids is 1. The van der Waals surface area contributed by atoms with Crippen molar-refractivity contribution in [3.05, 3.63) is 50.1 Å². The minimum atomic E-state index is -0.347. The van der Waals surface area contributed by atoms with Gasteiger partial charge in [-0.15, -0.1) is 11.3 Å². The Morgan fingerprint density at radius 3 is 2.79 bits per heavy atom. The van der Waals surface area contributed by atoms with Crippen LogP contribution in [0.2, 0.25) is 0 Å². The zero-order valence-electron chi connectivity index (χ0n) is 16.1. The summed E-state index contributed by atoms with van der Waals surface area (Å²) >= 11 is 3.06. The van der Waals surface area contributed by atoms with Crippen LogP contribution in [-0.4, -0.2) is 21.2 Å². The molecule has 28 heavy (non-hydrogen) atoms. The van der Waals surface area contributed by atoms with Gasteiger partial charge in [0, 0.05) is 17.1 Å². The van der Waals surface area contributed by atoms with E-state index in [-0.39, 0.29) is 17.9 Å². The van der Waals surface area contributed by atoms with E-state index < -0.39 is 0 Å². The van der Waals surface area contributed by atoms with Gasteiger partial charge in [0.15, 0.2) is 5.16 Å². The van der Waals surface area contributed by atoms with Crippen LogP contribution < -0.4 is 11.3 Å². The van der Waals surface area contributed by atoms with Gasteiger partial charge in [0.1, 0.15) is 4.83 Å². The summed E-state index contributed by atoms with van der Waals surface area (Å²) in [6.45, 7) is 4.10. The maximum Gasteiger partial charge on any atom is 0.267 e. The first-order valence-corrected chi connectivity index (χ1v) is 11.3. The first-order valence-electron chi connectivity index (χ1n) is 9.51. The summed E-state index contributed by atoms with van der Waals surface area (Å²) in [7, 11) is 0. The van der Waals surface area contributed by atoms with Gasteiger partial charge in [-0.2, -0.15) is 0 Å². The molecule has 146 valence electrons. The highest BCUT2D eigenvalue weighted by atomic mass is 32.2. The van der Waals surface area contributed by atoms with Crippen molar-refractivity contribution in [2.45, 2.75) is 51.1 Å². The lowest BCUT2D eigenvalue weighted by atomic mass is 9.97. The predicted octanol–water partition coefficient (Wildman–Crippen LogP) is 3.91. The third kappa shape index (κ3) is 3.49. The Hall–Kier alpha value is -2.12. The monoisotopic (exact) mass is 413 g/mol. The Morgan fingerprint density at radius 2 is 2.04 bits per heavy atom. The third-order valence-corrected chi connectivity index (χ3v) is 7.41. The number of thiophene rings is 1. The van der Waals surface area contributed by atoms with Crippen molar-refractivity contribution in [2.75, 3.05) is 5.75 Å². The Morgan fingerprint density at radius 1 is 1.25 bits per heavy atom. The summed E-state index contributed by atoms with van der Waals surface area (Å²) in [6, 6.07) is 6.03. The Kier molecular flexibility index (Phi) is 5.29. The molecule has 0 saturated heterocycles. The second kappa shape index (κ2) is 7.72. The van der Waals surface area contributed by atoms with E-state index >= 15 is 0 Å². The molecule has 1 aliphatic rings. The summed E-state index contributed by atoms with van der Waals surface area (Å²) in [5, 5.41) is 1.40. The second-order valence-electron chi connectivity index (χ2n) is 7.26. The highest BCUT2D eigenvalue weighted by Gasteiger charge is 2.23. The fourth-order valence-electron chi connectivity index (χ4n) is 3.62. The third-order valence-electron chi connectivity index (χ3n) is 5.29. The molecule has 1 aromatic carbocycles. The number of rotatable bonds is 5. The number of primary amides is 1. The molecule has 5 nitrogen and oxygen atoms in total. The second-order valence-corrected chi connectivity index (χ2v) is 9.41. The van der Waals surface area contributed by atoms with Crippen molar-refractivity contribution >= 4 is 39.2 Å². The molecule has 0 unspecified atom stereocenters. The van der Waals surface area contributed by atoms with Crippen LogP contribution in [0.5, 0.6) is 0 Å². The van der Waals surface area contributed by atoms with Crippen molar-refractivity contribution in [1.82, 2.24) is 9.55 Å². The van der Waals surface area contributed by atoms with Gasteiger partial charge in [-0.05, 0) is 68.4 Å². The fourth-order valence-corrected chi connectivity index (χ4v) is 5.89. The number of aromatic nitrogens is 2. The number of hydrogen-bond acceptors (Lipinski definition) is 5. The molecule has 0 fully saturated rings. The summed E-state index contributed by atoms with van der Waals surface area (Å²) < 4.78 is 1.71. The normalized spacial score (nSPS) is 13.6. The summed E-state index contributed by atoms with van der Waals surface area (Å²) in [5.41, 5.74) is 9.61. The van der Waals surface area contributed by atoms with Gasteiger partial charge in [-0.3, -0.25) is 14.2 Å². The number of nitrogens with two attached hydrogens (primary N) is 1. The number of thioether (sulfide) groups is 1. The molecular weight excluding hydrogens is 390 g/mol. The molecule has 0 saturated carbocycles. The number of aryl methyl sites for hydroxylation is 4. The van der Waals surface area contributed by atoms with Crippen LogP contribution >= 0.6 is 23.1 Å². The van der Waals surface area contributed by atoms with Crippen LogP contribution in [0.4, 0.5) is 0 Å². The van der Waals surface area contributed by atoms with E-state index in [4.69, 9.17) is 10.7 Å². The van der Waals surface area contributed by atoms with Crippen LogP contribution in [0.15, 0.2) is 28.2 Å². The molecule has 0 aliphatic heterocycles.